The third-order valence-electron chi connectivity index (χ3n) is 3.25. The van der Waals surface area contributed by atoms with Crippen LogP contribution in [0.1, 0.15) is 12.8 Å². The highest BCUT2D eigenvalue weighted by Crippen LogP contribution is 2.16. The van der Waals surface area contributed by atoms with E-state index in [1.165, 1.54) is 32.5 Å². The first-order valence-corrected chi connectivity index (χ1v) is 5.35. The first-order chi connectivity index (χ1) is 6.36. The minimum absolute atomic E-state index is 0.704. The zero-order chi connectivity index (χ0) is 9.10. The van der Waals surface area contributed by atoms with Crippen LogP contribution in [-0.2, 0) is 4.74 Å². The number of piperidine rings is 1. The number of hydrogen-bond acceptors (Lipinski definition) is 3. The van der Waals surface area contributed by atoms with Crippen molar-refractivity contribution in [2.45, 2.75) is 18.9 Å². The molecule has 0 saturated carbocycles. The third kappa shape index (κ3) is 2.42. The van der Waals surface area contributed by atoms with Gasteiger partial charge in [-0.3, -0.25) is 4.90 Å². The lowest BCUT2D eigenvalue weighted by Gasteiger charge is -2.37. The molecule has 13 heavy (non-hydrogen) atoms. The van der Waals surface area contributed by atoms with Gasteiger partial charge < -0.3 is 10.1 Å². The van der Waals surface area contributed by atoms with Crippen LogP contribution in [0.3, 0.4) is 0 Å². The summed E-state index contributed by atoms with van der Waals surface area (Å²) in [4.78, 5) is 2.47. The first-order valence-electron chi connectivity index (χ1n) is 5.35. The Morgan fingerprint density at radius 3 is 2.54 bits per heavy atom. The van der Waals surface area contributed by atoms with Gasteiger partial charge in [0.2, 0.25) is 0 Å². The Bertz CT molecular complexity index is 153. The zero-order valence-corrected chi connectivity index (χ0v) is 8.46. The van der Waals surface area contributed by atoms with Gasteiger partial charge in [0.15, 0.2) is 0 Å². The normalized spacial score (nSPS) is 26.3. The van der Waals surface area contributed by atoms with Crippen LogP contribution in [-0.4, -0.2) is 50.8 Å². The minimum Gasteiger partial charge on any atom is -0.378 e. The van der Waals surface area contributed by atoms with Gasteiger partial charge in [-0.05, 0) is 38.9 Å². The topological polar surface area (TPSA) is 24.5 Å². The maximum atomic E-state index is 5.19. The number of rotatable bonds is 3. The van der Waals surface area contributed by atoms with Crippen molar-refractivity contribution in [1.82, 2.24) is 10.2 Å². The van der Waals surface area contributed by atoms with Crippen LogP contribution in [0.4, 0.5) is 0 Å². The van der Waals surface area contributed by atoms with E-state index in [0.717, 1.165) is 19.1 Å². The Kier molecular flexibility index (Phi) is 3.19. The van der Waals surface area contributed by atoms with E-state index < -0.39 is 0 Å². The van der Waals surface area contributed by atoms with Crippen LogP contribution in [0.5, 0.6) is 0 Å². The maximum absolute atomic E-state index is 5.19. The summed E-state index contributed by atoms with van der Waals surface area (Å²) in [5, 5.41) is 3.40. The molecule has 0 unspecified atom stereocenters. The van der Waals surface area contributed by atoms with Crippen molar-refractivity contribution in [3.05, 3.63) is 0 Å². The van der Waals surface area contributed by atoms with Crippen molar-refractivity contribution in [2.75, 3.05) is 39.9 Å². The maximum Gasteiger partial charge on any atom is 0.0645 e. The van der Waals surface area contributed by atoms with Crippen LogP contribution in [0.2, 0.25) is 0 Å². The van der Waals surface area contributed by atoms with Gasteiger partial charge in [-0.15, -0.1) is 0 Å². The summed E-state index contributed by atoms with van der Waals surface area (Å²) in [6, 6.07) is 0.704. The quantitative estimate of drug-likeness (QED) is 0.683. The smallest absolute Gasteiger partial charge is 0.0645 e. The van der Waals surface area contributed by atoms with Crippen LogP contribution >= 0.6 is 0 Å². The van der Waals surface area contributed by atoms with Gasteiger partial charge in [0, 0.05) is 6.54 Å². The van der Waals surface area contributed by atoms with Gasteiger partial charge in [0.25, 0.3) is 0 Å². The van der Waals surface area contributed by atoms with E-state index >= 15 is 0 Å². The monoisotopic (exact) mass is 184 g/mol. The molecule has 2 aliphatic rings. The molecule has 2 aliphatic heterocycles. The lowest BCUT2D eigenvalue weighted by Crippen LogP contribution is -2.49. The Balaban J connectivity index is 1.69. The van der Waals surface area contributed by atoms with Gasteiger partial charge in [-0.1, -0.05) is 0 Å². The zero-order valence-electron chi connectivity index (χ0n) is 8.46. The fourth-order valence-electron chi connectivity index (χ4n) is 2.10. The molecule has 0 aromatic carbocycles. The van der Waals surface area contributed by atoms with E-state index in [9.17, 15) is 0 Å². The largest absolute Gasteiger partial charge is 0.378 e. The average molecular weight is 184 g/mol. The lowest BCUT2D eigenvalue weighted by molar-refractivity contribution is -0.0607. The van der Waals surface area contributed by atoms with Crippen molar-refractivity contribution in [2.24, 2.45) is 5.92 Å². The number of ether oxygens (including phenoxy) is 1. The van der Waals surface area contributed by atoms with Crippen molar-refractivity contribution in [3.8, 4) is 0 Å². The second kappa shape index (κ2) is 4.40. The predicted octanol–water partition coefficient (Wildman–Crippen LogP) is 0.317. The fraction of sp³-hybridized carbons (Fsp3) is 1.00. The molecular formula is C10H20N2O. The summed E-state index contributed by atoms with van der Waals surface area (Å²) in [5.41, 5.74) is 0. The van der Waals surface area contributed by atoms with Gasteiger partial charge in [0.1, 0.15) is 0 Å². The molecule has 2 heterocycles. The van der Waals surface area contributed by atoms with Crippen molar-refractivity contribution in [1.29, 1.82) is 0 Å². The number of hydrogen-bond donors (Lipinski definition) is 1. The highest BCUT2D eigenvalue weighted by molar-refractivity contribution is 4.78. The van der Waals surface area contributed by atoms with Gasteiger partial charge in [0.05, 0.1) is 19.3 Å². The summed E-state index contributed by atoms with van der Waals surface area (Å²) >= 11 is 0. The molecule has 0 aliphatic carbocycles. The molecule has 1 N–H and O–H groups in total. The predicted molar refractivity (Wildman–Crippen MR) is 52.8 cm³/mol. The van der Waals surface area contributed by atoms with E-state index in [-0.39, 0.29) is 0 Å². The molecule has 0 bridgehead atoms. The molecule has 76 valence electrons. The molecule has 2 fully saturated rings. The minimum atomic E-state index is 0.704. The second-order valence-electron chi connectivity index (χ2n) is 4.32. The van der Waals surface area contributed by atoms with Crippen LogP contribution in [0.15, 0.2) is 0 Å². The SMILES string of the molecule is CN(CC1CCNCC1)C1COC1. The van der Waals surface area contributed by atoms with Crippen LogP contribution in [0, 0.1) is 5.92 Å². The Labute approximate surface area is 80.4 Å². The van der Waals surface area contributed by atoms with E-state index in [1.807, 2.05) is 0 Å². The molecule has 0 aromatic heterocycles. The second-order valence-corrected chi connectivity index (χ2v) is 4.32. The number of nitrogens with one attached hydrogen (secondary N) is 1. The first kappa shape index (κ1) is 9.44. The molecule has 0 spiro atoms. The molecule has 0 amide bonds. The molecule has 0 radical (unpaired) electrons. The summed E-state index contributed by atoms with van der Waals surface area (Å²) < 4.78 is 5.19. The standard InChI is InChI=1S/C10H20N2O/c1-12(10-7-13-8-10)6-9-2-4-11-5-3-9/h9-11H,2-8H2,1H3. The van der Waals surface area contributed by atoms with Crippen LogP contribution in [0.25, 0.3) is 0 Å². The molecule has 2 saturated heterocycles. The summed E-state index contributed by atoms with van der Waals surface area (Å²) in [5.74, 6) is 0.909. The summed E-state index contributed by atoms with van der Waals surface area (Å²) in [6.45, 7) is 5.57. The highest BCUT2D eigenvalue weighted by atomic mass is 16.5. The van der Waals surface area contributed by atoms with Gasteiger partial charge in [-0.25, -0.2) is 0 Å². The molecule has 2 rings (SSSR count). The van der Waals surface area contributed by atoms with Crippen molar-refractivity contribution in [3.63, 3.8) is 0 Å². The van der Waals surface area contributed by atoms with Crippen molar-refractivity contribution >= 4 is 0 Å². The van der Waals surface area contributed by atoms with E-state index in [2.05, 4.69) is 17.3 Å². The Morgan fingerprint density at radius 1 is 1.31 bits per heavy atom. The van der Waals surface area contributed by atoms with Crippen LogP contribution < -0.4 is 5.32 Å². The molecule has 0 atom stereocenters. The third-order valence-corrected chi connectivity index (χ3v) is 3.25. The molecule has 3 nitrogen and oxygen atoms in total. The van der Waals surface area contributed by atoms with Crippen molar-refractivity contribution < 1.29 is 4.74 Å². The Hall–Kier alpha value is -0.120. The number of nitrogens with zero attached hydrogens (tertiary/aromatic N) is 1. The van der Waals surface area contributed by atoms with Gasteiger partial charge >= 0.3 is 0 Å². The fourth-order valence-corrected chi connectivity index (χ4v) is 2.10. The summed E-state index contributed by atoms with van der Waals surface area (Å²) in [7, 11) is 2.23. The molecule has 3 heteroatoms. The molecular weight excluding hydrogens is 164 g/mol. The van der Waals surface area contributed by atoms with E-state index in [1.54, 1.807) is 0 Å². The summed E-state index contributed by atoms with van der Waals surface area (Å²) in [6.07, 6.45) is 2.69. The Morgan fingerprint density at radius 2 is 2.00 bits per heavy atom. The lowest BCUT2D eigenvalue weighted by atomic mass is 9.97. The number of likely N-dealkylation sites (N-methyl/N-ethyl adjacent to an activating group) is 1. The van der Waals surface area contributed by atoms with E-state index in [0.29, 0.717) is 6.04 Å². The van der Waals surface area contributed by atoms with Gasteiger partial charge in [-0.2, -0.15) is 0 Å². The van der Waals surface area contributed by atoms with E-state index in [4.69, 9.17) is 4.74 Å². The molecule has 0 aromatic rings. The average Bonchev–Trinajstić information content (AvgIpc) is 2.02. The highest BCUT2D eigenvalue weighted by Gasteiger charge is 2.25.